The van der Waals surface area contributed by atoms with Gasteiger partial charge in [-0.2, -0.15) is 4.98 Å². The quantitative estimate of drug-likeness (QED) is 0.863. The minimum atomic E-state index is 0.139. The van der Waals surface area contributed by atoms with Crippen LogP contribution in [-0.2, 0) is 0 Å². The molecule has 1 aliphatic rings. The topological polar surface area (TPSA) is 50.3 Å². The van der Waals surface area contributed by atoms with E-state index in [4.69, 9.17) is 4.74 Å². The van der Waals surface area contributed by atoms with Crippen molar-refractivity contribution in [3.63, 3.8) is 0 Å². The predicted octanol–water partition coefficient (Wildman–Crippen LogP) is 2.09. The van der Waals surface area contributed by atoms with Crippen molar-refractivity contribution in [1.82, 2.24) is 15.3 Å². The number of nitrogens with zero attached hydrogens (tertiary/aromatic N) is 3. The Labute approximate surface area is 121 Å². The van der Waals surface area contributed by atoms with Gasteiger partial charge in [-0.25, -0.2) is 4.98 Å². The van der Waals surface area contributed by atoms with Gasteiger partial charge in [-0.15, -0.1) is 0 Å². The molecule has 2 rings (SSSR count). The largest absolute Gasteiger partial charge is 0.475 e. The summed E-state index contributed by atoms with van der Waals surface area (Å²) >= 11 is 0. The van der Waals surface area contributed by atoms with E-state index in [1.807, 2.05) is 19.9 Å². The molecule has 0 bridgehead atoms. The maximum Gasteiger partial charge on any atom is 0.228 e. The first kappa shape index (κ1) is 15.0. The van der Waals surface area contributed by atoms with Gasteiger partial charge in [0.15, 0.2) is 0 Å². The van der Waals surface area contributed by atoms with E-state index in [1.54, 1.807) is 6.20 Å². The summed E-state index contributed by atoms with van der Waals surface area (Å²) in [6, 6.07) is 1.82. The highest BCUT2D eigenvalue weighted by atomic mass is 16.5. The predicted molar refractivity (Wildman–Crippen MR) is 81.3 cm³/mol. The molecule has 1 fully saturated rings. The average Bonchev–Trinajstić information content (AvgIpc) is 2.45. The van der Waals surface area contributed by atoms with E-state index in [9.17, 15) is 0 Å². The van der Waals surface area contributed by atoms with Crippen molar-refractivity contribution in [2.45, 2.75) is 39.7 Å². The van der Waals surface area contributed by atoms with Gasteiger partial charge in [0, 0.05) is 25.4 Å². The fraction of sp³-hybridized carbons (Fsp3) is 0.733. The van der Waals surface area contributed by atoms with Crippen LogP contribution in [0.1, 0.15) is 33.6 Å². The fourth-order valence-corrected chi connectivity index (χ4v) is 2.55. The number of hydrogen-bond acceptors (Lipinski definition) is 5. The third-order valence-electron chi connectivity index (χ3n) is 3.46. The lowest BCUT2D eigenvalue weighted by Gasteiger charge is -2.33. The number of piperidine rings is 1. The maximum atomic E-state index is 5.65. The number of ether oxygens (including phenoxy) is 1. The van der Waals surface area contributed by atoms with Gasteiger partial charge in [0.25, 0.3) is 0 Å². The zero-order valence-corrected chi connectivity index (χ0v) is 12.8. The van der Waals surface area contributed by atoms with Crippen molar-refractivity contribution in [1.29, 1.82) is 0 Å². The molecule has 2 heterocycles. The van der Waals surface area contributed by atoms with Crippen molar-refractivity contribution < 1.29 is 4.74 Å². The fourth-order valence-electron chi connectivity index (χ4n) is 2.55. The smallest absolute Gasteiger partial charge is 0.228 e. The summed E-state index contributed by atoms with van der Waals surface area (Å²) in [5.74, 6) is 2.14. The van der Waals surface area contributed by atoms with E-state index in [0.717, 1.165) is 32.1 Å². The van der Waals surface area contributed by atoms with Crippen LogP contribution < -0.4 is 15.0 Å². The molecule has 1 aromatic heterocycles. The Hall–Kier alpha value is -1.36. The van der Waals surface area contributed by atoms with Crippen LogP contribution >= 0.6 is 0 Å². The van der Waals surface area contributed by atoms with Crippen LogP contribution in [0.2, 0.25) is 0 Å². The maximum absolute atomic E-state index is 5.65. The van der Waals surface area contributed by atoms with Crippen molar-refractivity contribution >= 4 is 5.95 Å². The van der Waals surface area contributed by atoms with Gasteiger partial charge in [0.1, 0.15) is 0 Å². The molecular weight excluding hydrogens is 252 g/mol. The molecule has 0 spiro atoms. The molecule has 0 radical (unpaired) electrons. The highest BCUT2D eigenvalue weighted by molar-refractivity contribution is 5.32. The second-order valence-electron chi connectivity index (χ2n) is 5.62. The summed E-state index contributed by atoms with van der Waals surface area (Å²) in [6.07, 6.45) is 4.41. The van der Waals surface area contributed by atoms with E-state index < -0.39 is 0 Å². The molecule has 1 aliphatic heterocycles. The molecule has 5 nitrogen and oxygen atoms in total. The molecular formula is C15H26N4O. The SMILES string of the molecule is CCNCC1CCCN(c2nccc(OC(C)C)n2)C1. The average molecular weight is 278 g/mol. The summed E-state index contributed by atoms with van der Waals surface area (Å²) in [6.45, 7) is 10.3. The van der Waals surface area contributed by atoms with Gasteiger partial charge >= 0.3 is 0 Å². The second kappa shape index (κ2) is 7.43. The van der Waals surface area contributed by atoms with Crippen molar-refractivity contribution in [2.75, 3.05) is 31.1 Å². The zero-order chi connectivity index (χ0) is 14.4. The normalized spacial score (nSPS) is 19.4. The Morgan fingerprint density at radius 3 is 3.10 bits per heavy atom. The molecule has 1 saturated heterocycles. The van der Waals surface area contributed by atoms with Gasteiger partial charge in [-0.05, 0) is 45.7 Å². The minimum absolute atomic E-state index is 0.139. The molecule has 0 aromatic carbocycles. The number of aromatic nitrogens is 2. The third kappa shape index (κ3) is 4.34. The first-order valence-electron chi connectivity index (χ1n) is 7.64. The van der Waals surface area contributed by atoms with Crippen LogP contribution in [0.4, 0.5) is 5.95 Å². The molecule has 112 valence electrons. The summed E-state index contributed by atoms with van der Waals surface area (Å²) < 4.78 is 5.65. The minimum Gasteiger partial charge on any atom is -0.475 e. The lowest BCUT2D eigenvalue weighted by molar-refractivity contribution is 0.232. The molecule has 1 N–H and O–H groups in total. The standard InChI is InChI=1S/C15H26N4O/c1-4-16-10-13-6-5-9-19(11-13)15-17-8-7-14(18-15)20-12(2)3/h7-8,12-13,16H,4-6,9-11H2,1-3H3. The lowest BCUT2D eigenvalue weighted by atomic mass is 9.98. The molecule has 1 aromatic rings. The van der Waals surface area contributed by atoms with Crippen LogP contribution in [-0.4, -0.2) is 42.3 Å². The summed E-state index contributed by atoms with van der Waals surface area (Å²) in [5.41, 5.74) is 0. The van der Waals surface area contributed by atoms with Gasteiger partial charge < -0.3 is 15.0 Å². The van der Waals surface area contributed by atoms with Crippen LogP contribution in [0, 0.1) is 5.92 Å². The number of anilines is 1. The van der Waals surface area contributed by atoms with Gasteiger partial charge in [0.2, 0.25) is 11.8 Å². The first-order valence-corrected chi connectivity index (χ1v) is 7.64. The summed E-state index contributed by atoms with van der Waals surface area (Å²) in [5, 5.41) is 3.44. The van der Waals surface area contributed by atoms with Crippen molar-refractivity contribution in [2.24, 2.45) is 5.92 Å². The van der Waals surface area contributed by atoms with Crippen LogP contribution in [0.3, 0.4) is 0 Å². The Bertz CT molecular complexity index is 411. The van der Waals surface area contributed by atoms with Crippen molar-refractivity contribution in [3.05, 3.63) is 12.3 Å². The van der Waals surface area contributed by atoms with Gasteiger partial charge in [-0.1, -0.05) is 6.92 Å². The van der Waals surface area contributed by atoms with Crippen molar-refractivity contribution in [3.8, 4) is 5.88 Å². The molecule has 20 heavy (non-hydrogen) atoms. The molecule has 0 saturated carbocycles. The zero-order valence-electron chi connectivity index (χ0n) is 12.8. The Kier molecular flexibility index (Phi) is 5.59. The summed E-state index contributed by atoms with van der Waals surface area (Å²) in [7, 11) is 0. The number of nitrogens with one attached hydrogen (secondary N) is 1. The van der Waals surface area contributed by atoms with E-state index in [1.165, 1.54) is 12.8 Å². The van der Waals surface area contributed by atoms with Gasteiger partial charge in [-0.3, -0.25) is 0 Å². The second-order valence-corrected chi connectivity index (χ2v) is 5.62. The van der Waals surface area contributed by atoms with Crippen LogP contribution in [0.5, 0.6) is 5.88 Å². The first-order chi connectivity index (χ1) is 9.69. The molecule has 5 heteroatoms. The summed E-state index contributed by atoms with van der Waals surface area (Å²) in [4.78, 5) is 11.2. The monoisotopic (exact) mass is 278 g/mol. The van der Waals surface area contributed by atoms with E-state index >= 15 is 0 Å². The third-order valence-corrected chi connectivity index (χ3v) is 3.46. The molecule has 0 aliphatic carbocycles. The highest BCUT2D eigenvalue weighted by Gasteiger charge is 2.21. The van der Waals surface area contributed by atoms with Crippen LogP contribution in [0.15, 0.2) is 12.3 Å². The molecule has 0 amide bonds. The van der Waals surface area contributed by atoms with Gasteiger partial charge in [0.05, 0.1) is 6.10 Å². The van der Waals surface area contributed by atoms with E-state index in [0.29, 0.717) is 11.8 Å². The molecule has 1 atom stereocenters. The Balaban J connectivity index is 1.99. The highest BCUT2D eigenvalue weighted by Crippen LogP contribution is 2.21. The Morgan fingerprint density at radius 2 is 2.35 bits per heavy atom. The number of rotatable bonds is 6. The van der Waals surface area contributed by atoms with E-state index in [2.05, 4.69) is 27.1 Å². The van der Waals surface area contributed by atoms with Crippen LogP contribution in [0.25, 0.3) is 0 Å². The number of hydrogen-bond donors (Lipinski definition) is 1. The van der Waals surface area contributed by atoms with E-state index in [-0.39, 0.29) is 6.10 Å². The lowest BCUT2D eigenvalue weighted by Crippen LogP contribution is -2.40. The molecule has 1 unspecified atom stereocenters. The Morgan fingerprint density at radius 1 is 1.50 bits per heavy atom.